The first-order valence-electron chi connectivity index (χ1n) is 9.17. The van der Waals surface area contributed by atoms with Crippen molar-refractivity contribution in [2.75, 3.05) is 11.5 Å². The third-order valence-electron chi connectivity index (χ3n) is 4.87. The van der Waals surface area contributed by atoms with E-state index in [0.29, 0.717) is 27.8 Å². The van der Waals surface area contributed by atoms with Crippen LogP contribution >= 0.6 is 23.5 Å². The minimum atomic E-state index is -1.42. The number of hydrogen-bond donors (Lipinski definition) is 3. The molecule has 1 saturated heterocycles. The van der Waals surface area contributed by atoms with Crippen LogP contribution in [0, 0.1) is 0 Å². The minimum Gasteiger partial charge on any atom is -0.477 e. The Bertz CT molecular complexity index is 1070. The van der Waals surface area contributed by atoms with E-state index in [1.165, 1.54) is 33.1 Å². The number of carbonyl (C=O) groups is 3. The van der Waals surface area contributed by atoms with E-state index in [2.05, 4.69) is 20.8 Å². The van der Waals surface area contributed by atoms with E-state index in [9.17, 15) is 24.6 Å². The fraction of sp³-hybridized carbons (Fsp3) is 0.333. The SMILES string of the molecule is Cn1nnnc1SCC1=C(C(=O)O)N2C(=O)C(NC(=O)C(O)c3ccccc3)C2SC1.[Na+]. The molecule has 0 radical (unpaired) electrons. The first-order valence-corrected chi connectivity index (χ1v) is 11.2. The Morgan fingerprint density at radius 1 is 1.34 bits per heavy atom. The second-order valence-electron chi connectivity index (χ2n) is 6.84. The van der Waals surface area contributed by atoms with Crippen molar-refractivity contribution in [1.29, 1.82) is 0 Å². The van der Waals surface area contributed by atoms with Crippen molar-refractivity contribution in [3.05, 3.63) is 47.2 Å². The number of aliphatic carboxylic acids is 1. The molecule has 1 aromatic heterocycles. The maximum atomic E-state index is 12.7. The molecule has 162 valence electrons. The number of aliphatic hydroxyl groups is 1. The molecule has 4 rings (SSSR count). The summed E-state index contributed by atoms with van der Waals surface area (Å²) in [5.74, 6) is -1.75. The average molecular weight is 486 g/mol. The minimum absolute atomic E-state index is 0. The van der Waals surface area contributed by atoms with Gasteiger partial charge in [-0.1, -0.05) is 42.1 Å². The number of rotatable bonds is 7. The number of tetrazole rings is 1. The number of aromatic nitrogens is 4. The Labute approximate surface area is 213 Å². The number of aryl methyl sites for hydroxylation is 1. The summed E-state index contributed by atoms with van der Waals surface area (Å²) in [7, 11) is 1.68. The summed E-state index contributed by atoms with van der Waals surface area (Å²) in [6.45, 7) is 0. The van der Waals surface area contributed by atoms with Gasteiger partial charge in [0.05, 0.1) is 0 Å². The van der Waals surface area contributed by atoms with Gasteiger partial charge in [0.15, 0.2) is 6.10 Å². The molecule has 0 aliphatic carbocycles. The van der Waals surface area contributed by atoms with Crippen LogP contribution < -0.4 is 34.9 Å². The van der Waals surface area contributed by atoms with Crippen LogP contribution in [0.15, 0.2) is 46.8 Å². The number of fused-ring (bicyclic) bond motifs is 1. The van der Waals surface area contributed by atoms with Crippen LogP contribution in [0.1, 0.15) is 11.7 Å². The summed E-state index contributed by atoms with van der Waals surface area (Å²) in [5, 5.41) is 33.6. The van der Waals surface area contributed by atoms with E-state index in [-0.39, 0.29) is 35.3 Å². The van der Waals surface area contributed by atoms with Crippen LogP contribution in [-0.2, 0) is 21.4 Å². The molecule has 14 heteroatoms. The Kier molecular flexibility index (Phi) is 8.01. The van der Waals surface area contributed by atoms with E-state index in [1.807, 2.05) is 0 Å². The van der Waals surface area contributed by atoms with Gasteiger partial charge in [0, 0.05) is 18.6 Å². The number of thioether (sulfide) groups is 2. The van der Waals surface area contributed by atoms with E-state index in [4.69, 9.17) is 0 Å². The summed E-state index contributed by atoms with van der Waals surface area (Å²) < 4.78 is 1.48. The van der Waals surface area contributed by atoms with E-state index >= 15 is 0 Å². The molecular formula is C18H18N6NaO5S2+. The second kappa shape index (κ2) is 10.4. The van der Waals surface area contributed by atoms with Crippen molar-refractivity contribution >= 4 is 41.3 Å². The number of benzene rings is 1. The van der Waals surface area contributed by atoms with Crippen molar-refractivity contribution < 1.29 is 54.2 Å². The van der Waals surface area contributed by atoms with Crippen molar-refractivity contribution in [3.63, 3.8) is 0 Å². The molecule has 0 saturated carbocycles. The molecule has 32 heavy (non-hydrogen) atoms. The number of β-lactam (4-membered cyclic amide) rings is 1. The van der Waals surface area contributed by atoms with Gasteiger partial charge in [0.25, 0.3) is 11.8 Å². The normalized spacial score (nSPS) is 20.7. The molecule has 3 N–H and O–H groups in total. The number of amides is 2. The number of carbonyl (C=O) groups excluding carboxylic acids is 2. The van der Waals surface area contributed by atoms with Gasteiger partial charge in [-0.2, -0.15) is 0 Å². The molecule has 1 fully saturated rings. The third kappa shape index (κ3) is 4.72. The summed E-state index contributed by atoms with van der Waals surface area (Å²) in [4.78, 5) is 38.2. The van der Waals surface area contributed by atoms with Crippen LogP contribution in [0.3, 0.4) is 0 Å². The topological polar surface area (TPSA) is 151 Å². The van der Waals surface area contributed by atoms with Gasteiger partial charge in [-0.15, -0.1) is 16.9 Å². The molecule has 3 unspecified atom stereocenters. The monoisotopic (exact) mass is 485 g/mol. The number of aliphatic hydroxyl groups excluding tert-OH is 1. The summed E-state index contributed by atoms with van der Waals surface area (Å²) in [5.41, 5.74) is 0.901. The zero-order valence-corrected chi connectivity index (χ0v) is 20.8. The van der Waals surface area contributed by atoms with Crippen LogP contribution in [0.4, 0.5) is 0 Å². The van der Waals surface area contributed by atoms with E-state index < -0.39 is 35.3 Å². The number of nitrogens with one attached hydrogen (secondary N) is 1. The zero-order valence-electron chi connectivity index (χ0n) is 17.2. The van der Waals surface area contributed by atoms with Crippen molar-refractivity contribution in [1.82, 2.24) is 30.4 Å². The first-order chi connectivity index (χ1) is 14.9. The maximum Gasteiger partial charge on any atom is 1.00 e. The molecular weight excluding hydrogens is 467 g/mol. The van der Waals surface area contributed by atoms with Crippen molar-refractivity contribution in [3.8, 4) is 0 Å². The van der Waals surface area contributed by atoms with Gasteiger partial charge in [-0.05, 0) is 21.6 Å². The second-order valence-corrected chi connectivity index (χ2v) is 8.89. The molecule has 2 amide bonds. The molecule has 2 aliphatic heterocycles. The zero-order chi connectivity index (χ0) is 22.1. The molecule has 3 atom stereocenters. The summed E-state index contributed by atoms with van der Waals surface area (Å²) in [6, 6.07) is 7.46. The van der Waals surface area contributed by atoms with E-state index in [1.54, 1.807) is 37.4 Å². The van der Waals surface area contributed by atoms with Crippen LogP contribution in [-0.4, -0.2) is 76.0 Å². The van der Waals surface area contributed by atoms with Gasteiger partial charge in [-0.25, -0.2) is 9.48 Å². The molecule has 3 heterocycles. The first kappa shape index (κ1) is 24.7. The van der Waals surface area contributed by atoms with Crippen LogP contribution in [0.2, 0.25) is 0 Å². The standard InChI is InChI=1S/C18H18N6O5S2.Na/c1-23-18(20-21-22-23)31-8-10-7-30-16-11(15(27)24(16)12(10)17(28)29)19-14(26)13(25)9-5-3-2-4-6-9;/h2-6,11,13,16,25H,7-8H2,1H3,(H,19,26)(H,28,29);/q;+1. The predicted molar refractivity (Wildman–Crippen MR) is 111 cm³/mol. The van der Waals surface area contributed by atoms with Crippen LogP contribution in [0.25, 0.3) is 0 Å². The molecule has 11 nitrogen and oxygen atoms in total. The molecule has 2 aromatic rings. The molecule has 0 bridgehead atoms. The maximum absolute atomic E-state index is 12.7. The smallest absolute Gasteiger partial charge is 0.477 e. The quantitative estimate of drug-likeness (QED) is 0.208. The fourth-order valence-corrected chi connectivity index (χ4v) is 5.64. The molecule has 1 aromatic carbocycles. The number of nitrogens with zero attached hydrogens (tertiary/aromatic N) is 5. The Balaban J connectivity index is 0.00000289. The number of hydrogen-bond acceptors (Lipinski definition) is 9. The number of carboxylic acids is 1. The van der Waals surface area contributed by atoms with Crippen LogP contribution in [0.5, 0.6) is 0 Å². The average Bonchev–Trinajstić information content (AvgIpc) is 3.19. The number of carboxylic acid groups (broad SMARTS) is 1. The van der Waals surface area contributed by atoms with Gasteiger partial charge < -0.3 is 15.5 Å². The Hall–Kier alpha value is -1.90. The van der Waals surface area contributed by atoms with Crippen molar-refractivity contribution in [2.24, 2.45) is 7.05 Å². The Morgan fingerprint density at radius 3 is 2.69 bits per heavy atom. The Morgan fingerprint density at radius 2 is 2.06 bits per heavy atom. The third-order valence-corrected chi connectivity index (χ3v) is 7.30. The van der Waals surface area contributed by atoms with Crippen molar-refractivity contribution in [2.45, 2.75) is 22.7 Å². The fourth-order valence-electron chi connectivity index (χ4n) is 3.31. The van der Waals surface area contributed by atoms with Gasteiger partial charge in [-0.3, -0.25) is 14.5 Å². The molecule has 0 spiro atoms. The molecule has 2 aliphatic rings. The van der Waals surface area contributed by atoms with E-state index in [0.717, 1.165) is 0 Å². The van der Waals surface area contributed by atoms with Gasteiger partial charge in [0.1, 0.15) is 17.1 Å². The van der Waals surface area contributed by atoms with Gasteiger partial charge in [0.2, 0.25) is 5.16 Å². The largest absolute Gasteiger partial charge is 1.00 e. The summed E-state index contributed by atoms with van der Waals surface area (Å²) in [6.07, 6.45) is -1.42. The predicted octanol–water partition coefficient (Wildman–Crippen LogP) is -3.22. The van der Waals surface area contributed by atoms with Gasteiger partial charge >= 0.3 is 35.5 Å². The summed E-state index contributed by atoms with van der Waals surface area (Å²) >= 11 is 2.64.